The zero-order valence-corrected chi connectivity index (χ0v) is 18.3. The highest BCUT2D eigenvalue weighted by molar-refractivity contribution is 7.89. The van der Waals surface area contributed by atoms with Crippen LogP contribution in [0.4, 0.5) is 0 Å². The van der Waals surface area contributed by atoms with Gasteiger partial charge in [-0.3, -0.25) is 4.79 Å². The van der Waals surface area contributed by atoms with Gasteiger partial charge in [0.15, 0.2) is 0 Å². The smallest absolute Gasteiger partial charge is 0.246 e. The molecular weight excluding hydrogens is 400 g/mol. The largest absolute Gasteiger partial charge is 0.379 e. The summed E-state index contributed by atoms with van der Waals surface area (Å²) >= 11 is 0. The number of amides is 1. The molecule has 30 heavy (non-hydrogen) atoms. The highest BCUT2D eigenvalue weighted by Crippen LogP contribution is 2.18. The van der Waals surface area contributed by atoms with E-state index in [4.69, 9.17) is 4.74 Å². The molecule has 7 heteroatoms. The van der Waals surface area contributed by atoms with Crippen molar-refractivity contribution in [1.29, 1.82) is 0 Å². The molecule has 0 spiro atoms. The Morgan fingerprint density at radius 2 is 1.63 bits per heavy atom. The Hall–Kier alpha value is -2.48. The van der Waals surface area contributed by atoms with Gasteiger partial charge in [0.25, 0.3) is 0 Å². The van der Waals surface area contributed by atoms with Gasteiger partial charge in [-0.15, -0.1) is 0 Å². The molecule has 0 unspecified atom stereocenters. The predicted molar refractivity (Wildman–Crippen MR) is 117 cm³/mol. The number of likely N-dealkylation sites (N-methyl/N-ethyl adjacent to an activating group) is 1. The zero-order chi connectivity index (χ0) is 21.6. The predicted octanol–water partition coefficient (Wildman–Crippen LogP) is 2.94. The van der Waals surface area contributed by atoms with E-state index in [0.29, 0.717) is 32.8 Å². The van der Waals surface area contributed by atoms with E-state index >= 15 is 0 Å². The summed E-state index contributed by atoms with van der Waals surface area (Å²) in [5.41, 5.74) is 3.12. The number of benzene rings is 2. The Kier molecular flexibility index (Phi) is 7.42. The second-order valence-corrected chi connectivity index (χ2v) is 9.22. The highest BCUT2D eigenvalue weighted by Gasteiger charge is 2.25. The normalized spacial score (nSPS) is 15.4. The minimum Gasteiger partial charge on any atom is -0.379 e. The molecule has 0 aromatic heterocycles. The van der Waals surface area contributed by atoms with Gasteiger partial charge in [-0.25, -0.2) is 8.42 Å². The van der Waals surface area contributed by atoms with E-state index in [-0.39, 0.29) is 10.8 Å². The average Bonchev–Trinajstić information content (AvgIpc) is 2.78. The van der Waals surface area contributed by atoms with E-state index < -0.39 is 10.0 Å². The van der Waals surface area contributed by atoms with E-state index in [1.807, 2.05) is 12.1 Å². The van der Waals surface area contributed by atoms with Gasteiger partial charge in [-0.2, -0.15) is 4.31 Å². The molecule has 0 atom stereocenters. The van der Waals surface area contributed by atoms with Gasteiger partial charge in [-0.1, -0.05) is 43.3 Å². The van der Waals surface area contributed by atoms with E-state index in [1.54, 1.807) is 42.3 Å². The maximum Gasteiger partial charge on any atom is 0.246 e. The second-order valence-electron chi connectivity index (χ2n) is 7.28. The summed E-state index contributed by atoms with van der Waals surface area (Å²) in [6.07, 6.45) is 4.19. The summed E-state index contributed by atoms with van der Waals surface area (Å²) in [4.78, 5) is 14.3. The lowest BCUT2D eigenvalue weighted by Crippen LogP contribution is -2.40. The molecule has 1 aliphatic heterocycles. The molecule has 6 nitrogen and oxygen atoms in total. The van der Waals surface area contributed by atoms with Crippen LogP contribution < -0.4 is 0 Å². The number of carbonyl (C=O) groups excluding carboxylic acids is 1. The van der Waals surface area contributed by atoms with Gasteiger partial charge >= 0.3 is 0 Å². The van der Waals surface area contributed by atoms with Crippen molar-refractivity contribution in [2.45, 2.75) is 24.8 Å². The monoisotopic (exact) mass is 428 g/mol. The molecule has 1 saturated heterocycles. The van der Waals surface area contributed by atoms with Crippen LogP contribution in [0, 0.1) is 0 Å². The standard InChI is InChI=1S/C23H28N2O4S/c1-3-19-4-6-21(7-5-19)18-24(2)23(26)13-10-20-8-11-22(12-9-20)30(27,28)25-14-16-29-17-15-25/h4-13H,3,14-18H2,1-2H3/b13-10+. The van der Waals surface area contributed by atoms with Crippen LogP contribution in [0.15, 0.2) is 59.5 Å². The molecular formula is C23H28N2O4S. The molecule has 1 heterocycles. The van der Waals surface area contributed by atoms with Crippen LogP contribution >= 0.6 is 0 Å². The number of aryl methyl sites for hydroxylation is 1. The van der Waals surface area contributed by atoms with Gasteiger partial charge in [0.1, 0.15) is 0 Å². The Labute approximate surface area is 178 Å². The van der Waals surface area contributed by atoms with Crippen molar-refractivity contribution in [3.8, 4) is 0 Å². The Morgan fingerprint density at radius 3 is 2.23 bits per heavy atom. The minimum absolute atomic E-state index is 0.111. The number of hydrogen-bond donors (Lipinski definition) is 0. The van der Waals surface area contributed by atoms with Crippen LogP contribution in [0.2, 0.25) is 0 Å². The lowest BCUT2D eigenvalue weighted by atomic mass is 10.1. The molecule has 1 fully saturated rings. The van der Waals surface area contributed by atoms with Gasteiger partial charge in [0.2, 0.25) is 15.9 Å². The summed E-state index contributed by atoms with van der Waals surface area (Å²) in [5, 5.41) is 0. The first-order chi connectivity index (χ1) is 14.4. The van der Waals surface area contributed by atoms with Crippen LogP contribution in [0.5, 0.6) is 0 Å². The fourth-order valence-corrected chi connectivity index (χ4v) is 4.62. The Bertz CT molecular complexity index is 977. The van der Waals surface area contributed by atoms with Crippen molar-refractivity contribution in [3.05, 3.63) is 71.3 Å². The molecule has 0 bridgehead atoms. The highest BCUT2D eigenvalue weighted by atomic mass is 32.2. The van der Waals surface area contributed by atoms with Gasteiger partial charge in [-0.05, 0) is 41.3 Å². The summed E-state index contributed by atoms with van der Waals surface area (Å²) in [5.74, 6) is -0.111. The number of ether oxygens (including phenoxy) is 1. The summed E-state index contributed by atoms with van der Waals surface area (Å²) < 4.78 is 32.0. The van der Waals surface area contributed by atoms with Gasteiger partial charge in [0.05, 0.1) is 18.1 Å². The number of hydrogen-bond acceptors (Lipinski definition) is 4. The number of sulfonamides is 1. The van der Waals surface area contributed by atoms with Gasteiger partial charge in [0, 0.05) is 32.8 Å². The lowest BCUT2D eigenvalue weighted by molar-refractivity contribution is -0.125. The fourth-order valence-electron chi connectivity index (χ4n) is 3.21. The molecule has 0 N–H and O–H groups in total. The minimum atomic E-state index is -3.51. The van der Waals surface area contributed by atoms with Crippen molar-refractivity contribution < 1.29 is 17.9 Å². The third-order valence-electron chi connectivity index (χ3n) is 5.13. The molecule has 2 aromatic rings. The molecule has 0 saturated carbocycles. The maximum atomic E-state index is 12.7. The first-order valence-electron chi connectivity index (χ1n) is 10.1. The lowest BCUT2D eigenvalue weighted by Gasteiger charge is -2.26. The molecule has 160 valence electrons. The van der Waals surface area contributed by atoms with Gasteiger partial charge < -0.3 is 9.64 Å². The van der Waals surface area contributed by atoms with Crippen LogP contribution in [-0.4, -0.2) is 56.9 Å². The summed E-state index contributed by atoms with van der Waals surface area (Å²) in [6.45, 7) is 4.21. The van der Waals surface area contributed by atoms with E-state index in [0.717, 1.165) is 17.5 Å². The Balaban J connectivity index is 1.60. The van der Waals surface area contributed by atoms with Crippen LogP contribution in [0.3, 0.4) is 0 Å². The fraction of sp³-hybridized carbons (Fsp3) is 0.348. The third-order valence-corrected chi connectivity index (χ3v) is 7.05. The quantitative estimate of drug-likeness (QED) is 0.636. The zero-order valence-electron chi connectivity index (χ0n) is 17.5. The first kappa shape index (κ1) is 22.2. The topological polar surface area (TPSA) is 66.9 Å². The maximum absolute atomic E-state index is 12.7. The molecule has 1 amide bonds. The molecule has 3 rings (SSSR count). The second kappa shape index (κ2) is 10.0. The summed E-state index contributed by atoms with van der Waals surface area (Å²) in [6, 6.07) is 14.8. The van der Waals surface area contributed by atoms with Crippen molar-refractivity contribution in [2.75, 3.05) is 33.4 Å². The molecule has 0 aliphatic carbocycles. The number of rotatable bonds is 7. The van der Waals surface area contributed by atoms with E-state index in [2.05, 4.69) is 19.1 Å². The molecule has 0 radical (unpaired) electrons. The third kappa shape index (κ3) is 5.56. The van der Waals surface area contributed by atoms with Crippen LogP contribution in [0.25, 0.3) is 6.08 Å². The van der Waals surface area contributed by atoms with Crippen molar-refractivity contribution in [2.24, 2.45) is 0 Å². The molecule has 2 aromatic carbocycles. The van der Waals surface area contributed by atoms with Crippen LogP contribution in [-0.2, 0) is 32.5 Å². The van der Waals surface area contributed by atoms with Crippen molar-refractivity contribution >= 4 is 22.0 Å². The first-order valence-corrected chi connectivity index (χ1v) is 11.5. The van der Waals surface area contributed by atoms with E-state index in [9.17, 15) is 13.2 Å². The average molecular weight is 429 g/mol. The number of carbonyl (C=O) groups is 1. The van der Waals surface area contributed by atoms with E-state index in [1.165, 1.54) is 15.9 Å². The number of nitrogens with zero attached hydrogens (tertiary/aromatic N) is 2. The summed E-state index contributed by atoms with van der Waals surface area (Å²) in [7, 11) is -1.75. The SMILES string of the molecule is CCc1ccc(CN(C)C(=O)/C=C/c2ccc(S(=O)(=O)N3CCOCC3)cc2)cc1. The number of morpholine rings is 1. The Morgan fingerprint density at radius 1 is 1.03 bits per heavy atom. The van der Waals surface area contributed by atoms with Crippen molar-refractivity contribution in [1.82, 2.24) is 9.21 Å². The molecule has 1 aliphatic rings. The van der Waals surface area contributed by atoms with Crippen molar-refractivity contribution in [3.63, 3.8) is 0 Å². The van der Waals surface area contributed by atoms with Crippen LogP contribution in [0.1, 0.15) is 23.6 Å².